The zero-order valence-corrected chi connectivity index (χ0v) is 30.8. The summed E-state index contributed by atoms with van der Waals surface area (Å²) in [6.45, 7) is 8.27. The maximum absolute atomic E-state index is 6.54. The number of benzene rings is 4. The van der Waals surface area contributed by atoms with Crippen LogP contribution in [0.5, 0.6) is 0 Å². The van der Waals surface area contributed by atoms with E-state index in [0.717, 1.165) is 112 Å². The topological polar surface area (TPSA) is 109 Å². The third-order valence-electron chi connectivity index (χ3n) is 10.6. The number of fused-ring (bicyclic) bond motifs is 8. The van der Waals surface area contributed by atoms with Gasteiger partial charge in [-0.05, 0) is 122 Å². The molecule has 0 radical (unpaired) electrons. The van der Waals surface area contributed by atoms with Gasteiger partial charge in [0.15, 0.2) is 0 Å². The molecule has 0 spiro atoms. The molecule has 6 heteroatoms. The van der Waals surface area contributed by atoms with Crippen LogP contribution in [0.3, 0.4) is 0 Å². The minimum absolute atomic E-state index is 0.735. The third kappa shape index (κ3) is 5.78. The molecule has 3 aromatic heterocycles. The van der Waals surface area contributed by atoms with Gasteiger partial charge in [0, 0.05) is 55.7 Å². The number of aromatic amines is 2. The average Bonchev–Trinajstić information content (AvgIpc) is 4.00. The lowest BCUT2D eigenvalue weighted by Crippen LogP contribution is -1.93. The maximum Gasteiger partial charge on any atom is 0.0737 e. The SMILES string of the molecule is Cc1ccc(-c2c3nc(c(-c4ccc(C)c(N)c4)c4ccc([nH]4)c(-c4ccc(C)cc4)c4nc(c(-c5ccc(C)c(N)c5)c5ccc2[nH]5)C=C4)C=C3)cc1. The molecule has 0 fully saturated rings. The summed E-state index contributed by atoms with van der Waals surface area (Å²) in [5, 5.41) is 0. The van der Waals surface area contributed by atoms with Gasteiger partial charge in [-0.25, -0.2) is 9.97 Å². The Morgan fingerprint density at radius 2 is 0.667 bits per heavy atom. The summed E-state index contributed by atoms with van der Waals surface area (Å²) in [4.78, 5) is 18.4. The summed E-state index contributed by atoms with van der Waals surface area (Å²) in [6, 6.07) is 38.3. The molecule has 0 saturated carbocycles. The minimum Gasteiger partial charge on any atom is -0.398 e. The smallest absolute Gasteiger partial charge is 0.0737 e. The van der Waals surface area contributed by atoms with E-state index in [9.17, 15) is 0 Å². The van der Waals surface area contributed by atoms with Crippen LogP contribution >= 0.6 is 0 Å². The molecule has 5 heterocycles. The summed E-state index contributed by atoms with van der Waals surface area (Å²) < 4.78 is 0. The Kier molecular flexibility index (Phi) is 7.89. The lowest BCUT2D eigenvalue weighted by molar-refractivity contribution is 1.31. The molecule has 0 unspecified atom stereocenters. The van der Waals surface area contributed by atoms with Gasteiger partial charge in [0.25, 0.3) is 0 Å². The van der Waals surface area contributed by atoms with Crippen molar-refractivity contribution in [2.45, 2.75) is 27.7 Å². The first kappa shape index (κ1) is 33.0. The van der Waals surface area contributed by atoms with Crippen molar-refractivity contribution >= 4 is 57.7 Å². The molecule has 9 rings (SSSR count). The monoisotopic (exact) mass is 700 g/mol. The van der Waals surface area contributed by atoms with Crippen LogP contribution in [0.15, 0.2) is 109 Å². The largest absolute Gasteiger partial charge is 0.398 e. The first-order valence-corrected chi connectivity index (χ1v) is 18.2. The van der Waals surface area contributed by atoms with Crippen molar-refractivity contribution in [3.05, 3.63) is 154 Å². The highest BCUT2D eigenvalue weighted by Gasteiger charge is 2.19. The van der Waals surface area contributed by atoms with Crippen LogP contribution in [0.2, 0.25) is 0 Å². The highest BCUT2D eigenvalue weighted by atomic mass is 14.8. The number of nitrogens with two attached hydrogens (primary N) is 2. The number of rotatable bonds is 4. The number of hydrogen-bond acceptors (Lipinski definition) is 4. The quantitative estimate of drug-likeness (QED) is 0.137. The summed E-state index contributed by atoms with van der Waals surface area (Å²) in [6.07, 6.45) is 8.45. The Hall–Kier alpha value is -6.92. The van der Waals surface area contributed by atoms with E-state index < -0.39 is 0 Å². The molecular formula is C48H40N6. The number of anilines is 2. The van der Waals surface area contributed by atoms with Gasteiger partial charge in [-0.15, -0.1) is 0 Å². The lowest BCUT2D eigenvalue weighted by Gasteiger charge is -2.09. The molecule has 8 bridgehead atoms. The van der Waals surface area contributed by atoms with Crippen LogP contribution in [0.4, 0.5) is 11.4 Å². The molecule has 2 aliphatic rings. The molecule has 0 aliphatic carbocycles. The number of nitrogens with zero attached hydrogens (tertiary/aromatic N) is 2. The van der Waals surface area contributed by atoms with Gasteiger partial charge in [0.05, 0.1) is 22.8 Å². The maximum atomic E-state index is 6.54. The van der Waals surface area contributed by atoms with Gasteiger partial charge in [0.2, 0.25) is 0 Å². The highest BCUT2D eigenvalue weighted by molar-refractivity contribution is 6.00. The van der Waals surface area contributed by atoms with Crippen molar-refractivity contribution in [1.82, 2.24) is 19.9 Å². The number of aromatic nitrogens is 4. The number of nitrogen functional groups attached to an aromatic ring is 2. The minimum atomic E-state index is 0.735. The average molecular weight is 701 g/mol. The molecule has 6 nitrogen and oxygen atoms in total. The Bertz CT molecular complexity index is 2670. The normalized spacial score (nSPS) is 12.1. The molecule has 6 N–H and O–H groups in total. The molecule has 7 aromatic rings. The standard InChI is InChI=1S/C48H40N6/c1-27-5-11-31(12-6-27)45-37-17-21-41(51-37)47(33-15-9-29(3)35(49)25-33)43-23-19-39(53-43)46(32-13-7-28(2)8-14-32)40-20-24-44(54-40)48(42-22-18-38(45)52-42)34-16-10-30(4)36(50)26-34/h5-26,51,54H,49-50H2,1-4H3. The van der Waals surface area contributed by atoms with Crippen molar-refractivity contribution in [1.29, 1.82) is 0 Å². The van der Waals surface area contributed by atoms with E-state index in [0.29, 0.717) is 0 Å². The van der Waals surface area contributed by atoms with Crippen LogP contribution in [0.25, 0.3) is 90.9 Å². The van der Waals surface area contributed by atoms with Crippen LogP contribution in [-0.4, -0.2) is 19.9 Å². The van der Waals surface area contributed by atoms with Gasteiger partial charge >= 0.3 is 0 Å². The Morgan fingerprint density at radius 3 is 0.981 bits per heavy atom. The van der Waals surface area contributed by atoms with E-state index in [2.05, 4.69) is 145 Å². The van der Waals surface area contributed by atoms with Gasteiger partial charge < -0.3 is 21.4 Å². The molecule has 262 valence electrons. The van der Waals surface area contributed by atoms with Crippen LogP contribution < -0.4 is 11.5 Å². The van der Waals surface area contributed by atoms with Crippen molar-refractivity contribution < 1.29 is 0 Å². The lowest BCUT2D eigenvalue weighted by atomic mass is 10.0. The predicted molar refractivity (Wildman–Crippen MR) is 228 cm³/mol. The van der Waals surface area contributed by atoms with Crippen molar-refractivity contribution in [2.24, 2.45) is 0 Å². The molecule has 54 heavy (non-hydrogen) atoms. The fraction of sp³-hybridized carbons (Fsp3) is 0.0833. The first-order valence-electron chi connectivity index (χ1n) is 18.2. The van der Waals surface area contributed by atoms with Gasteiger partial charge in [0.1, 0.15) is 0 Å². The summed E-state index contributed by atoms with van der Waals surface area (Å²) in [7, 11) is 0. The molecule has 0 atom stereocenters. The molecule has 0 amide bonds. The van der Waals surface area contributed by atoms with Gasteiger partial charge in [-0.3, -0.25) is 0 Å². The molecule has 0 saturated heterocycles. The molecular weight excluding hydrogens is 661 g/mol. The van der Waals surface area contributed by atoms with Crippen LogP contribution in [0, 0.1) is 27.7 Å². The van der Waals surface area contributed by atoms with Crippen LogP contribution in [-0.2, 0) is 0 Å². The van der Waals surface area contributed by atoms with E-state index in [-0.39, 0.29) is 0 Å². The Morgan fingerprint density at radius 1 is 0.370 bits per heavy atom. The van der Waals surface area contributed by atoms with Crippen molar-refractivity contribution in [3.8, 4) is 44.5 Å². The number of nitrogens with one attached hydrogen (secondary N) is 2. The summed E-state index contributed by atoms with van der Waals surface area (Å²) in [5.41, 5.74) is 34.2. The number of hydrogen-bond donors (Lipinski definition) is 4. The number of aryl methyl sites for hydroxylation is 4. The molecule has 4 aromatic carbocycles. The van der Waals surface area contributed by atoms with Crippen LogP contribution in [0.1, 0.15) is 45.0 Å². The third-order valence-corrected chi connectivity index (χ3v) is 10.6. The number of H-pyrrole nitrogens is 2. The zero-order valence-electron chi connectivity index (χ0n) is 30.8. The Labute approximate surface area is 314 Å². The highest BCUT2D eigenvalue weighted by Crippen LogP contribution is 2.39. The predicted octanol–water partition coefficient (Wildman–Crippen LogP) is 11.7. The summed E-state index contributed by atoms with van der Waals surface area (Å²) in [5.74, 6) is 0. The van der Waals surface area contributed by atoms with Gasteiger partial charge in [-0.1, -0.05) is 83.9 Å². The summed E-state index contributed by atoms with van der Waals surface area (Å²) >= 11 is 0. The van der Waals surface area contributed by atoms with E-state index in [4.69, 9.17) is 21.4 Å². The second-order valence-electron chi connectivity index (χ2n) is 14.4. The van der Waals surface area contributed by atoms with E-state index >= 15 is 0 Å². The zero-order chi connectivity index (χ0) is 37.1. The molecule has 2 aliphatic heterocycles. The van der Waals surface area contributed by atoms with E-state index in [1.807, 2.05) is 26.0 Å². The first-order chi connectivity index (χ1) is 26.2. The van der Waals surface area contributed by atoms with Gasteiger partial charge in [-0.2, -0.15) is 0 Å². The second-order valence-corrected chi connectivity index (χ2v) is 14.4. The van der Waals surface area contributed by atoms with Crippen molar-refractivity contribution in [2.75, 3.05) is 11.5 Å². The fourth-order valence-corrected chi connectivity index (χ4v) is 7.45. The Balaban J connectivity index is 1.48. The second kappa shape index (κ2) is 12.9. The van der Waals surface area contributed by atoms with E-state index in [1.54, 1.807) is 0 Å². The fourth-order valence-electron chi connectivity index (χ4n) is 7.45. The van der Waals surface area contributed by atoms with E-state index in [1.165, 1.54) is 11.1 Å². The van der Waals surface area contributed by atoms with Crippen molar-refractivity contribution in [3.63, 3.8) is 0 Å².